The third kappa shape index (κ3) is 2.02. The number of hydrogen-bond donors (Lipinski definition) is 0. The second-order valence-corrected chi connectivity index (χ2v) is 6.39. The third-order valence-corrected chi connectivity index (χ3v) is 4.52. The monoisotopic (exact) mass is 264 g/mol. The zero-order chi connectivity index (χ0) is 13.8. The maximum atomic E-state index is 6.01. The molecule has 1 saturated heterocycles. The minimum absolute atomic E-state index is 0.245. The Labute approximate surface area is 114 Å². The van der Waals surface area contributed by atoms with Crippen LogP contribution in [0.5, 0.6) is 0 Å². The second kappa shape index (κ2) is 4.07. The molecule has 1 aromatic heterocycles. The molecule has 0 aliphatic carbocycles. The summed E-state index contributed by atoms with van der Waals surface area (Å²) in [7, 11) is 1.37. The molecule has 1 unspecified atom stereocenters. The molecule has 2 aliphatic rings. The van der Waals surface area contributed by atoms with Gasteiger partial charge in [-0.3, -0.25) is 4.68 Å². The van der Waals surface area contributed by atoms with E-state index >= 15 is 0 Å². The van der Waals surface area contributed by atoms with Crippen LogP contribution in [0.25, 0.3) is 0 Å². The zero-order valence-electron chi connectivity index (χ0n) is 12.3. The average molecular weight is 264 g/mol. The van der Waals surface area contributed by atoms with Crippen molar-refractivity contribution < 1.29 is 14.0 Å². The largest absolute Gasteiger partial charge is 0.516 e. The van der Waals surface area contributed by atoms with Crippen LogP contribution in [0, 0.1) is 0 Å². The fourth-order valence-corrected chi connectivity index (χ4v) is 2.53. The Morgan fingerprint density at radius 1 is 1.32 bits per heavy atom. The molecule has 0 bridgehead atoms. The third-order valence-electron chi connectivity index (χ3n) is 4.52. The number of nitrogens with zero attached hydrogens (tertiary/aromatic N) is 2. The molecule has 0 N–H and O–H groups in total. The summed E-state index contributed by atoms with van der Waals surface area (Å²) < 4.78 is 19.4. The molecule has 1 aromatic rings. The van der Waals surface area contributed by atoms with Crippen LogP contribution in [-0.2, 0) is 27.0 Å². The Kier molecular flexibility index (Phi) is 2.82. The molecule has 104 valence electrons. The number of hydrogen-bond acceptors (Lipinski definition) is 4. The molecule has 1 atom stereocenters. The Morgan fingerprint density at radius 2 is 1.95 bits per heavy atom. The molecular weight excluding hydrogens is 243 g/mol. The lowest BCUT2D eigenvalue weighted by molar-refractivity contribution is 0.00578. The predicted octanol–water partition coefficient (Wildman–Crippen LogP) is 0.753. The van der Waals surface area contributed by atoms with Gasteiger partial charge in [0, 0.05) is 19.2 Å². The van der Waals surface area contributed by atoms with Gasteiger partial charge in [-0.15, -0.1) is 0 Å². The number of aromatic nitrogens is 2. The van der Waals surface area contributed by atoms with E-state index in [4.69, 9.17) is 14.0 Å². The van der Waals surface area contributed by atoms with E-state index in [0.29, 0.717) is 0 Å². The fraction of sp³-hybridized carbons (Fsp3) is 0.769. The normalized spacial score (nSPS) is 27.8. The van der Waals surface area contributed by atoms with E-state index < -0.39 is 0 Å². The topological polar surface area (TPSA) is 45.5 Å². The van der Waals surface area contributed by atoms with Crippen molar-refractivity contribution in [2.75, 3.05) is 7.11 Å². The first-order valence-corrected chi connectivity index (χ1v) is 6.77. The first kappa shape index (κ1) is 13.2. The molecule has 0 saturated carbocycles. The molecule has 1 fully saturated rings. The highest BCUT2D eigenvalue weighted by molar-refractivity contribution is 6.61. The number of rotatable bonds is 2. The van der Waals surface area contributed by atoms with Crippen molar-refractivity contribution in [1.29, 1.82) is 0 Å². The Morgan fingerprint density at radius 3 is 2.47 bits per heavy atom. The molecule has 0 spiro atoms. The predicted molar refractivity (Wildman–Crippen MR) is 72.4 cm³/mol. The van der Waals surface area contributed by atoms with Gasteiger partial charge < -0.3 is 14.0 Å². The van der Waals surface area contributed by atoms with Gasteiger partial charge >= 0.3 is 7.12 Å². The van der Waals surface area contributed by atoms with Crippen LogP contribution in [-0.4, -0.2) is 41.3 Å². The summed E-state index contributed by atoms with van der Waals surface area (Å²) in [6.07, 6.45) is 1.15. The van der Waals surface area contributed by atoms with Gasteiger partial charge in [0.25, 0.3) is 0 Å². The van der Waals surface area contributed by atoms with Gasteiger partial charge in [0.15, 0.2) is 0 Å². The van der Waals surface area contributed by atoms with Crippen molar-refractivity contribution in [3.8, 4) is 0 Å². The molecule has 0 amide bonds. The van der Waals surface area contributed by atoms with Crippen LogP contribution in [0.2, 0.25) is 0 Å². The number of ether oxygens (including phenoxy) is 1. The van der Waals surface area contributed by atoms with Gasteiger partial charge in [0.05, 0.1) is 29.4 Å². The smallest absolute Gasteiger partial charge is 0.398 e. The highest BCUT2D eigenvalue weighted by atomic mass is 16.7. The number of methoxy groups -OCH3 is 1. The lowest BCUT2D eigenvalue weighted by Crippen LogP contribution is -2.41. The minimum atomic E-state index is -0.371. The van der Waals surface area contributed by atoms with E-state index in [9.17, 15) is 0 Å². The first-order chi connectivity index (χ1) is 8.82. The van der Waals surface area contributed by atoms with Crippen LogP contribution < -0.4 is 5.59 Å². The molecule has 5 nitrogen and oxygen atoms in total. The first-order valence-electron chi connectivity index (χ1n) is 6.77. The lowest BCUT2D eigenvalue weighted by atomic mass is 9.85. The van der Waals surface area contributed by atoms with E-state index in [2.05, 4.69) is 38.9 Å². The number of fused-ring (bicyclic) bond motifs is 1. The van der Waals surface area contributed by atoms with E-state index in [1.54, 1.807) is 7.11 Å². The zero-order valence-corrected chi connectivity index (χ0v) is 12.3. The molecular formula is C13H21BN2O3. The van der Waals surface area contributed by atoms with E-state index in [1.165, 1.54) is 5.69 Å². The molecule has 0 radical (unpaired) electrons. The highest BCUT2D eigenvalue weighted by Gasteiger charge is 2.53. The van der Waals surface area contributed by atoms with Gasteiger partial charge in [0.2, 0.25) is 0 Å². The fourth-order valence-electron chi connectivity index (χ4n) is 2.53. The summed E-state index contributed by atoms with van der Waals surface area (Å²) in [5, 5.41) is 4.59. The summed E-state index contributed by atoms with van der Waals surface area (Å²) in [5.41, 5.74) is 1.42. The molecule has 19 heavy (non-hydrogen) atoms. The molecule has 2 aliphatic heterocycles. The van der Waals surface area contributed by atoms with Gasteiger partial charge in [-0.25, -0.2) is 0 Å². The highest BCUT2D eigenvalue weighted by Crippen LogP contribution is 2.36. The summed E-state index contributed by atoms with van der Waals surface area (Å²) >= 11 is 0. The van der Waals surface area contributed by atoms with Crippen LogP contribution in [0.1, 0.15) is 33.4 Å². The van der Waals surface area contributed by atoms with Crippen LogP contribution in [0.15, 0.2) is 6.07 Å². The standard InChI is InChI=1S/C13H21BN2O3/c1-12(2)13(3,4)19-14(18-12)11-7-9-6-10(17-5)8-16(9)15-11/h7,10H,6,8H2,1-5H3. The quantitative estimate of drug-likeness (QED) is 0.739. The van der Waals surface area contributed by atoms with Gasteiger partial charge in [-0.2, -0.15) is 5.10 Å². The summed E-state index contributed by atoms with van der Waals surface area (Å²) in [6, 6.07) is 2.07. The van der Waals surface area contributed by atoms with Crippen molar-refractivity contribution in [3.63, 3.8) is 0 Å². The Bertz CT molecular complexity index is 459. The van der Waals surface area contributed by atoms with Gasteiger partial charge in [-0.1, -0.05) is 0 Å². The summed E-state index contributed by atoms with van der Waals surface area (Å²) in [6.45, 7) is 9.02. The Balaban J connectivity index is 1.80. The minimum Gasteiger partial charge on any atom is -0.398 e. The van der Waals surface area contributed by atoms with E-state index in [-0.39, 0.29) is 24.4 Å². The molecule has 3 rings (SSSR count). The van der Waals surface area contributed by atoms with Gasteiger partial charge in [0.1, 0.15) is 0 Å². The SMILES string of the molecule is COC1Cc2cc(B3OC(C)(C)C(C)(C)O3)nn2C1. The van der Waals surface area contributed by atoms with E-state index in [1.807, 2.05) is 4.68 Å². The van der Waals surface area contributed by atoms with E-state index in [0.717, 1.165) is 18.6 Å². The lowest BCUT2D eigenvalue weighted by Gasteiger charge is -2.32. The Hall–Kier alpha value is -0.845. The molecule has 0 aromatic carbocycles. The second-order valence-electron chi connectivity index (χ2n) is 6.39. The van der Waals surface area contributed by atoms with Crippen molar-refractivity contribution in [1.82, 2.24) is 9.78 Å². The molecule has 6 heteroatoms. The van der Waals surface area contributed by atoms with Crippen molar-refractivity contribution in [2.24, 2.45) is 0 Å². The van der Waals surface area contributed by atoms with Crippen LogP contribution in [0.3, 0.4) is 0 Å². The van der Waals surface area contributed by atoms with Crippen LogP contribution >= 0.6 is 0 Å². The maximum absolute atomic E-state index is 6.01. The maximum Gasteiger partial charge on any atom is 0.516 e. The molecule has 3 heterocycles. The van der Waals surface area contributed by atoms with Crippen molar-refractivity contribution in [2.45, 2.75) is 58.0 Å². The van der Waals surface area contributed by atoms with Crippen LogP contribution in [0.4, 0.5) is 0 Å². The summed E-state index contributed by atoms with van der Waals surface area (Å²) in [5.74, 6) is 0. The average Bonchev–Trinajstić information content (AvgIpc) is 2.88. The van der Waals surface area contributed by atoms with Gasteiger partial charge in [-0.05, 0) is 33.8 Å². The van der Waals surface area contributed by atoms with Crippen molar-refractivity contribution in [3.05, 3.63) is 11.8 Å². The van der Waals surface area contributed by atoms with Crippen molar-refractivity contribution >= 4 is 12.7 Å². The summed E-state index contributed by atoms with van der Waals surface area (Å²) in [4.78, 5) is 0.